The number of aliphatic hydroxyl groups excluding tert-OH is 2. The molecule has 3 N–H and O–H groups in total. The van der Waals surface area contributed by atoms with Crippen molar-refractivity contribution < 1.29 is 19.7 Å². The Labute approximate surface area is 124 Å². The first kappa shape index (κ1) is 17.2. The number of nitrogens with one attached hydrogen (secondary N) is 1. The number of benzene rings is 1. The Kier molecular flexibility index (Phi) is 9.36. The first-order valence-corrected chi connectivity index (χ1v) is 7.06. The van der Waals surface area contributed by atoms with Crippen LogP contribution in [0.2, 0.25) is 5.02 Å². The molecule has 0 bridgehead atoms. The Morgan fingerprint density at radius 2 is 1.95 bits per heavy atom. The molecular formula is C14H22ClNO4. The van der Waals surface area contributed by atoms with Crippen LogP contribution in [-0.2, 0) is 4.74 Å². The smallest absolute Gasteiger partial charge is 0.119 e. The Morgan fingerprint density at radius 1 is 1.20 bits per heavy atom. The van der Waals surface area contributed by atoms with E-state index in [1.807, 2.05) is 0 Å². The molecule has 1 atom stereocenters. The fraction of sp³-hybridized carbons (Fsp3) is 0.571. The van der Waals surface area contributed by atoms with Crippen molar-refractivity contribution >= 4 is 11.6 Å². The Morgan fingerprint density at radius 3 is 2.65 bits per heavy atom. The molecule has 0 spiro atoms. The first-order chi connectivity index (χ1) is 9.72. The average molecular weight is 304 g/mol. The summed E-state index contributed by atoms with van der Waals surface area (Å²) < 4.78 is 10.5. The SMILES string of the molecule is OCCOCCCNCC(O)COc1ccc(Cl)cc1. The van der Waals surface area contributed by atoms with Gasteiger partial charge in [-0.1, -0.05) is 11.6 Å². The van der Waals surface area contributed by atoms with E-state index in [1.54, 1.807) is 24.3 Å². The van der Waals surface area contributed by atoms with E-state index < -0.39 is 6.10 Å². The summed E-state index contributed by atoms with van der Waals surface area (Å²) >= 11 is 5.77. The van der Waals surface area contributed by atoms with E-state index in [0.29, 0.717) is 30.5 Å². The van der Waals surface area contributed by atoms with Gasteiger partial charge in [0, 0.05) is 18.2 Å². The van der Waals surface area contributed by atoms with Crippen LogP contribution in [0.25, 0.3) is 0 Å². The van der Waals surface area contributed by atoms with Crippen molar-refractivity contribution in [2.45, 2.75) is 12.5 Å². The molecule has 5 nitrogen and oxygen atoms in total. The second kappa shape index (κ2) is 10.9. The van der Waals surface area contributed by atoms with E-state index in [-0.39, 0.29) is 13.2 Å². The Balaban J connectivity index is 2.00. The van der Waals surface area contributed by atoms with Crippen molar-refractivity contribution in [3.63, 3.8) is 0 Å². The lowest BCUT2D eigenvalue weighted by Crippen LogP contribution is -2.32. The van der Waals surface area contributed by atoms with Crippen molar-refractivity contribution in [3.8, 4) is 5.75 Å². The predicted molar refractivity (Wildman–Crippen MR) is 78.3 cm³/mol. The number of aliphatic hydroxyl groups is 2. The van der Waals surface area contributed by atoms with E-state index in [2.05, 4.69) is 5.32 Å². The van der Waals surface area contributed by atoms with Crippen LogP contribution in [0.5, 0.6) is 5.75 Å². The molecule has 1 aromatic carbocycles. The highest BCUT2D eigenvalue weighted by molar-refractivity contribution is 6.30. The second-order valence-corrected chi connectivity index (χ2v) is 4.75. The van der Waals surface area contributed by atoms with Crippen LogP contribution in [0.4, 0.5) is 0 Å². The fourth-order valence-electron chi connectivity index (χ4n) is 1.52. The molecule has 1 aromatic rings. The summed E-state index contributed by atoms with van der Waals surface area (Å²) in [6.07, 6.45) is 0.272. The normalized spacial score (nSPS) is 12.3. The highest BCUT2D eigenvalue weighted by atomic mass is 35.5. The summed E-state index contributed by atoms with van der Waals surface area (Å²) in [7, 11) is 0. The zero-order valence-corrected chi connectivity index (χ0v) is 12.2. The third-order valence-corrected chi connectivity index (χ3v) is 2.77. The van der Waals surface area contributed by atoms with Gasteiger partial charge in [0.2, 0.25) is 0 Å². The van der Waals surface area contributed by atoms with E-state index in [0.717, 1.165) is 13.0 Å². The molecule has 0 amide bonds. The lowest BCUT2D eigenvalue weighted by Gasteiger charge is -2.13. The molecule has 0 aliphatic carbocycles. The molecule has 0 saturated heterocycles. The van der Waals surface area contributed by atoms with Gasteiger partial charge in [-0.05, 0) is 37.2 Å². The van der Waals surface area contributed by atoms with Crippen molar-refractivity contribution in [3.05, 3.63) is 29.3 Å². The predicted octanol–water partition coefficient (Wildman–Crippen LogP) is 1.07. The molecule has 6 heteroatoms. The molecular weight excluding hydrogens is 282 g/mol. The first-order valence-electron chi connectivity index (χ1n) is 6.68. The third kappa shape index (κ3) is 8.35. The summed E-state index contributed by atoms with van der Waals surface area (Å²) in [4.78, 5) is 0. The molecule has 0 saturated carbocycles. The number of ether oxygens (including phenoxy) is 2. The maximum absolute atomic E-state index is 9.73. The molecule has 0 fully saturated rings. The summed E-state index contributed by atoms with van der Waals surface area (Å²) in [5, 5.41) is 22.0. The van der Waals surface area contributed by atoms with Crippen LogP contribution in [-0.4, -0.2) is 55.8 Å². The van der Waals surface area contributed by atoms with Gasteiger partial charge in [0.05, 0.1) is 13.2 Å². The molecule has 0 aliphatic heterocycles. The lowest BCUT2D eigenvalue weighted by atomic mass is 10.3. The average Bonchev–Trinajstić information content (AvgIpc) is 2.46. The number of hydrogen-bond donors (Lipinski definition) is 3. The van der Waals surface area contributed by atoms with E-state index in [1.165, 1.54) is 0 Å². The van der Waals surface area contributed by atoms with Crippen LogP contribution in [0.1, 0.15) is 6.42 Å². The van der Waals surface area contributed by atoms with Crippen molar-refractivity contribution in [2.24, 2.45) is 0 Å². The molecule has 20 heavy (non-hydrogen) atoms. The van der Waals surface area contributed by atoms with Gasteiger partial charge in [-0.3, -0.25) is 0 Å². The van der Waals surface area contributed by atoms with Gasteiger partial charge in [0.25, 0.3) is 0 Å². The standard InChI is InChI=1S/C14H22ClNO4/c15-12-2-4-14(5-3-12)20-11-13(18)10-16-6-1-8-19-9-7-17/h2-5,13,16-18H,1,6-11H2. The van der Waals surface area contributed by atoms with Crippen molar-refractivity contribution in [1.82, 2.24) is 5.32 Å². The van der Waals surface area contributed by atoms with E-state index >= 15 is 0 Å². The van der Waals surface area contributed by atoms with Gasteiger partial charge in [-0.15, -0.1) is 0 Å². The molecule has 1 rings (SSSR count). The highest BCUT2D eigenvalue weighted by Crippen LogP contribution is 2.15. The Hall–Kier alpha value is -0.850. The van der Waals surface area contributed by atoms with Crippen molar-refractivity contribution in [1.29, 1.82) is 0 Å². The van der Waals surface area contributed by atoms with Crippen LogP contribution < -0.4 is 10.1 Å². The minimum atomic E-state index is -0.566. The van der Waals surface area contributed by atoms with Crippen LogP contribution in [0.3, 0.4) is 0 Å². The molecule has 0 aliphatic rings. The van der Waals surface area contributed by atoms with Gasteiger partial charge in [0.1, 0.15) is 18.5 Å². The second-order valence-electron chi connectivity index (χ2n) is 4.31. The third-order valence-electron chi connectivity index (χ3n) is 2.51. The fourth-order valence-corrected chi connectivity index (χ4v) is 1.64. The number of hydrogen-bond acceptors (Lipinski definition) is 5. The minimum absolute atomic E-state index is 0.0498. The monoisotopic (exact) mass is 303 g/mol. The molecule has 114 valence electrons. The molecule has 1 unspecified atom stereocenters. The zero-order chi connectivity index (χ0) is 14.6. The van der Waals surface area contributed by atoms with Gasteiger partial charge in [-0.25, -0.2) is 0 Å². The summed E-state index contributed by atoms with van der Waals surface area (Å²) in [6, 6.07) is 7.02. The number of halogens is 1. The zero-order valence-electron chi connectivity index (χ0n) is 11.4. The summed E-state index contributed by atoms with van der Waals surface area (Å²) in [5.74, 6) is 0.686. The van der Waals surface area contributed by atoms with Gasteiger partial charge < -0.3 is 25.0 Å². The molecule has 0 radical (unpaired) electrons. The number of rotatable bonds is 11. The topological polar surface area (TPSA) is 71.0 Å². The van der Waals surface area contributed by atoms with Crippen molar-refractivity contribution in [2.75, 3.05) is 39.5 Å². The summed E-state index contributed by atoms with van der Waals surface area (Å²) in [5.41, 5.74) is 0. The van der Waals surface area contributed by atoms with Gasteiger partial charge >= 0.3 is 0 Å². The minimum Gasteiger partial charge on any atom is -0.491 e. The Bertz CT molecular complexity index is 348. The highest BCUT2D eigenvalue weighted by Gasteiger charge is 2.04. The maximum Gasteiger partial charge on any atom is 0.119 e. The quantitative estimate of drug-likeness (QED) is 0.533. The van der Waals surface area contributed by atoms with Crippen LogP contribution >= 0.6 is 11.6 Å². The molecule has 0 heterocycles. The van der Waals surface area contributed by atoms with Crippen LogP contribution in [0, 0.1) is 0 Å². The van der Waals surface area contributed by atoms with Crippen LogP contribution in [0.15, 0.2) is 24.3 Å². The van der Waals surface area contributed by atoms with E-state index in [9.17, 15) is 5.11 Å². The van der Waals surface area contributed by atoms with Gasteiger partial charge in [0.15, 0.2) is 0 Å². The largest absolute Gasteiger partial charge is 0.491 e. The van der Waals surface area contributed by atoms with Gasteiger partial charge in [-0.2, -0.15) is 0 Å². The van der Waals surface area contributed by atoms with E-state index in [4.69, 9.17) is 26.2 Å². The summed E-state index contributed by atoms with van der Waals surface area (Å²) in [6.45, 7) is 2.48. The lowest BCUT2D eigenvalue weighted by molar-refractivity contribution is 0.0875. The molecule has 0 aromatic heterocycles. The maximum atomic E-state index is 9.73.